The number of piperidine rings is 1. The fourth-order valence-corrected chi connectivity index (χ4v) is 3.51. The molecule has 1 fully saturated rings. The van der Waals surface area contributed by atoms with E-state index in [-0.39, 0.29) is 24.0 Å². The fourth-order valence-electron chi connectivity index (χ4n) is 2.85. The van der Waals surface area contributed by atoms with Crippen molar-refractivity contribution in [2.24, 2.45) is 4.99 Å². The van der Waals surface area contributed by atoms with E-state index in [1.807, 2.05) is 30.3 Å². The van der Waals surface area contributed by atoms with Gasteiger partial charge in [-0.15, -0.1) is 24.0 Å². The van der Waals surface area contributed by atoms with Crippen LogP contribution in [0.15, 0.2) is 52.2 Å². The van der Waals surface area contributed by atoms with Crippen LogP contribution < -0.4 is 10.1 Å². The van der Waals surface area contributed by atoms with Crippen LogP contribution in [0.1, 0.15) is 25.3 Å². The second kappa shape index (κ2) is 10.7. The Bertz CT molecular complexity index is 625. The number of rotatable bonds is 5. The topological polar surface area (TPSA) is 36.9 Å². The smallest absolute Gasteiger partial charge is 0.194 e. The summed E-state index contributed by atoms with van der Waals surface area (Å²) in [7, 11) is 0. The Morgan fingerprint density at radius 2 is 2.00 bits per heavy atom. The van der Waals surface area contributed by atoms with Crippen LogP contribution in [0.5, 0.6) is 5.75 Å². The quantitative estimate of drug-likeness (QED) is 0.400. The molecule has 2 aromatic rings. The third kappa shape index (κ3) is 6.18. The molecule has 0 aliphatic carbocycles. The molecular weight excluding hydrogens is 445 g/mol. The molecule has 1 aliphatic rings. The molecule has 4 nitrogen and oxygen atoms in total. The number of para-hydroxylation sites is 1. The Hall–Kier alpha value is -1.28. The van der Waals surface area contributed by atoms with Crippen molar-refractivity contribution < 1.29 is 4.74 Å². The second-order valence-electron chi connectivity index (χ2n) is 5.92. The van der Waals surface area contributed by atoms with Gasteiger partial charge >= 0.3 is 0 Å². The number of nitrogens with zero attached hydrogens (tertiary/aromatic N) is 2. The predicted molar refractivity (Wildman–Crippen MR) is 116 cm³/mol. The van der Waals surface area contributed by atoms with Gasteiger partial charge in [0, 0.05) is 32.5 Å². The van der Waals surface area contributed by atoms with E-state index < -0.39 is 0 Å². The molecule has 25 heavy (non-hydrogen) atoms. The summed E-state index contributed by atoms with van der Waals surface area (Å²) in [5.41, 5.74) is 1.28. The molecule has 6 heteroatoms. The Kier molecular flexibility index (Phi) is 8.54. The van der Waals surface area contributed by atoms with E-state index in [2.05, 4.69) is 34.0 Å². The van der Waals surface area contributed by atoms with Gasteiger partial charge in [-0.2, -0.15) is 11.3 Å². The van der Waals surface area contributed by atoms with Gasteiger partial charge in [0.15, 0.2) is 5.96 Å². The van der Waals surface area contributed by atoms with Crippen LogP contribution in [-0.4, -0.2) is 36.6 Å². The largest absolute Gasteiger partial charge is 0.490 e. The van der Waals surface area contributed by atoms with E-state index in [0.29, 0.717) is 6.10 Å². The van der Waals surface area contributed by atoms with E-state index in [4.69, 9.17) is 9.73 Å². The lowest BCUT2D eigenvalue weighted by Gasteiger charge is -2.34. The maximum atomic E-state index is 6.08. The van der Waals surface area contributed by atoms with Crippen LogP contribution in [-0.2, 0) is 6.54 Å². The molecule has 0 atom stereocenters. The third-order valence-electron chi connectivity index (χ3n) is 4.11. The van der Waals surface area contributed by atoms with Crippen LogP contribution >= 0.6 is 35.3 Å². The van der Waals surface area contributed by atoms with Crippen LogP contribution in [0.2, 0.25) is 0 Å². The summed E-state index contributed by atoms with van der Waals surface area (Å²) in [4.78, 5) is 7.13. The van der Waals surface area contributed by atoms with Gasteiger partial charge in [-0.05, 0) is 41.4 Å². The molecule has 0 spiro atoms. The van der Waals surface area contributed by atoms with Crippen LogP contribution in [0, 0.1) is 0 Å². The Morgan fingerprint density at radius 1 is 1.24 bits per heavy atom. The molecule has 2 heterocycles. The highest BCUT2D eigenvalue weighted by molar-refractivity contribution is 14.0. The monoisotopic (exact) mass is 471 g/mol. The van der Waals surface area contributed by atoms with Crippen molar-refractivity contribution in [1.29, 1.82) is 0 Å². The number of benzene rings is 1. The first-order chi connectivity index (χ1) is 11.8. The SMILES string of the molecule is CCNC(=NCc1ccsc1)N1CCC(Oc2ccccc2)CC1.I. The first-order valence-electron chi connectivity index (χ1n) is 8.61. The molecule has 0 unspecified atom stereocenters. The zero-order valence-corrected chi connectivity index (χ0v) is 17.7. The molecule has 0 radical (unpaired) electrons. The van der Waals surface area contributed by atoms with Crippen molar-refractivity contribution in [2.75, 3.05) is 19.6 Å². The summed E-state index contributed by atoms with van der Waals surface area (Å²) >= 11 is 1.72. The Morgan fingerprint density at radius 3 is 2.64 bits per heavy atom. The summed E-state index contributed by atoms with van der Waals surface area (Å²) in [5.74, 6) is 1.98. The lowest BCUT2D eigenvalue weighted by Crippen LogP contribution is -2.47. The van der Waals surface area contributed by atoms with Crippen molar-refractivity contribution >= 4 is 41.3 Å². The average Bonchev–Trinajstić information content (AvgIpc) is 3.14. The zero-order chi connectivity index (χ0) is 16.6. The predicted octanol–water partition coefficient (Wildman–Crippen LogP) is 4.38. The van der Waals surface area contributed by atoms with Gasteiger partial charge in [0.25, 0.3) is 0 Å². The normalized spacial score (nSPS) is 15.6. The molecule has 1 aromatic heterocycles. The highest BCUT2D eigenvalue weighted by atomic mass is 127. The number of guanidine groups is 1. The van der Waals surface area contributed by atoms with E-state index >= 15 is 0 Å². The van der Waals surface area contributed by atoms with Crippen molar-refractivity contribution in [2.45, 2.75) is 32.4 Å². The van der Waals surface area contributed by atoms with Gasteiger partial charge in [-0.25, -0.2) is 4.99 Å². The number of ether oxygens (including phenoxy) is 1. The number of thiophene rings is 1. The van der Waals surface area contributed by atoms with Crippen molar-refractivity contribution in [3.8, 4) is 5.75 Å². The minimum atomic E-state index is 0. The lowest BCUT2D eigenvalue weighted by atomic mass is 10.1. The number of nitrogens with one attached hydrogen (secondary N) is 1. The van der Waals surface area contributed by atoms with Gasteiger partial charge < -0.3 is 15.0 Å². The number of hydrogen-bond donors (Lipinski definition) is 1. The molecule has 0 saturated carbocycles. The summed E-state index contributed by atoms with van der Waals surface area (Å²) in [6.07, 6.45) is 2.35. The maximum Gasteiger partial charge on any atom is 0.194 e. The minimum absolute atomic E-state index is 0. The van der Waals surface area contributed by atoms with Gasteiger partial charge in [0.1, 0.15) is 11.9 Å². The first-order valence-corrected chi connectivity index (χ1v) is 9.55. The van der Waals surface area contributed by atoms with E-state index in [1.165, 1.54) is 5.56 Å². The van der Waals surface area contributed by atoms with Gasteiger partial charge in [0.2, 0.25) is 0 Å². The molecule has 0 bridgehead atoms. The number of hydrogen-bond acceptors (Lipinski definition) is 3. The van der Waals surface area contributed by atoms with E-state index in [0.717, 1.165) is 50.7 Å². The Balaban J connectivity index is 0.00000225. The molecule has 1 N–H and O–H groups in total. The highest BCUT2D eigenvalue weighted by Gasteiger charge is 2.22. The van der Waals surface area contributed by atoms with Crippen molar-refractivity contribution in [3.05, 3.63) is 52.7 Å². The number of halogens is 1. The minimum Gasteiger partial charge on any atom is -0.490 e. The summed E-state index contributed by atoms with van der Waals surface area (Å²) in [6, 6.07) is 12.2. The zero-order valence-electron chi connectivity index (χ0n) is 14.6. The molecule has 136 valence electrons. The fraction of sp³-hybridized carbons (Fsp3) is 0.421. The molecular formula is C19H26IN3OS. The standard InChI is InChI=1S/C19H25N3OS.HI/c1-2-20-19(21-14-16-10-13-24-15-16)22-11-8-18(9-12-22)23-17-6-4-3-5-7-17;/h3-7,10,13,15,18H,2,8-9,11-12,14H2,1H3,(H,20,21);1H. The molecule has 1 aliphatic heterocycles. The maximum absolute atomic E-state index is 6.08. The highest BCUT2D eigenvalue weighted by Crippen LogP contribution is 2.19. The van der Waals surface area contributed by atoms with Crippen LogP contribution in [0.4, 0.5) is 0 Å². The summed E-state index contributed by atoms with van der Waals surface area (Å²) in [5, 5.41) is 7.68. The van der Waals surface area contributed by atoms with Crippen molar-refractivity contribution in [3.63, 3.8) is 0 Å². The van der Waals surface area contributed by atoms with Gasteiger partial charge in [0.05, 0.1) is 6.54 Å². The average molecular weight is 471 g/mol. The summed E-state index contributed by atoms with van der Waals surface area (Å²) in [6.45, 7) is 5.71. The molecule has 1 saturated heterocycles. The third-order valence-corrected chi connectivity index (χ3v) is 4.85. The Labute approximate surface area is 171 Å². The number of aliphatic imine (C=N–C) groups is 1. The van der Waals surface area contributed by atoms with Crippen LogP contribution in [0.3, 0.4) is 0 Å². The molecule has 3 rings (SSSR count). The van der Waals surface area contributed by atoms with Gasteiger partial charge in [-0.1, -0.05) is 18.2 Å². The number of likely N-dealkylation sites (tertiary alicyclic amines) is 1. The van der Waals surface area contributed by atoms with Crippen molar-refractivity contribution in [1.82, 2.24) is 10.2 Å². The van der Waals surface area contributed by atoms with E-state index in [1.54, 1.807) is 11.3 Å². The first kappa shape index (κ1) is 20.0. The lowest BCUT2D eigenvalue weighted by molar-refractivity contribution is 0.129. The van der Waals surface area contributed by atoms with Crippen LogP contribution in [0.25, 0.3) is 0 Å². The van der Waals surface area contributed by atoms with Gasteiger partial charge in [-0.3, -0.25) is 0 Å². The second-order valence-corrected chi connectivity index (χ2v) is 6.70. The van der Waals surface area contributed by atoms with E-state index in [9.17, 15) is 0 Å². The molecule has 0 amide bonds. The molecule has 1 aromatic carbocycles. The summed E-state index contributed by atoms with van der Waals surface area (Å²) < 4.78 is 6.08.